The fraction of sp³-hybridized carbons (Fsp3) is 0.250. The van der Waals surface area contributed by atoms with Crippen LogP contribution in [0.15, 0.2) is 35.3 Å². The van der Waals surface area contributed by atoms with E-state index in [-0.39, 0.29) is 5.91 Å². The quantitative estimate of drug-likeness (QED) is 0.805. The second kappa shape index (κ2) is 4.19. The third-order valence-corrected chi connectivity index (χ3v) is 3.28. The molecule has 0 unspecified atom stereocenters. The summed E-state index contributed by atoms with van der Waals surface area (Å²) in [5.41, 5.74) is 1.79. The molecular formula is C12H12BrNO. The minimum Gasteiger partial charge on any atom is -0.312 e. The van der Waals surface area contributed by atoms with Gasteiger partial charge in [0, 0.05) is 28.7 Å². The van der Waals surface area contributed by atoms with Gasteiger partial charge in [0.05, 0.1) is 0 Å². The molecule has 0 N–H and O–H groups in total. The van der Waals surface area contributed by atoms with Crippen molar-refractivity contribution in [3.8, 4) is 0 Å². The third-order valence-electron chi connectivity index (χ3n) is 2.58. The fourth-order valence-corrected chi connectivity index (χ4v) is 2.29. The van der Waals surface area contributed by atoms with Crippen molar-refractivity contribution in [3.63, 3.8) is 0 Å². The van der Waals surface area contributed by atoms with Crippen molar-refractivity contribution in [2.45, 2.75) is 12.8 Å². The summed E-state index contributed by atoms with van der Waals surface area (Å²) in [6, 6.07) is 7.83. The smallest absolute Gasteiger partial charge is 0.227 e. The molecule has 0 bridgehead atoms. The van der Waals surface area contributed by atoms with Crippen LogP contribution >= 0.6 is 15.9 Å². The van der Waals surface area contributed by atoms with Gasteiger partial charge in [-0.15, -0.1) is 0 Å². The Bertz CT molecular complexity index is 414. The van der Waals surface area contributed by atoms with Crippen LogP contribution in [0, 0.1) is 0 Å². The van der Waals surface area contributed by atoms with E-state index >= 15 is 0 Å². The van der Waals surface area contributed by atoms with Gasteiger partial charge < -0.3 is 4.90 Å². The molecule has 0 radical (unpaired) electrons. The second-order valence-electron chi connectivity index (χ2n) is 3.58. The maximum absolute atomic E-state index is 11.6. The van der Waals surface area contributed by atoms with E-state index in [1.54, 1.807) is 4.90 Å². The summed E-state index contributed by atoms with van der Waals surface area (Å²) in [4.78, 5) is 13.3. The first kappa shape index (κ1) is 10.4. The largest absolute Gasteiger partial charge is 0.312 e. The van der Waals surface area contributed by atoms with Crippen molar-refractivity contribution in [1.82, 2.24) is 4.90 Å². The molecule has 0 saturated carbocycles. The average molecular weight is 266 g/mol. The molecule has 2 rings (SSSR count). The summed E-state index contributed by atoms with van der Waals surface area (Å²) in [6.07, 6.45) is 1.58. The zero-order valence-corrected chi connectivity index (χ0v) is 9.96. The molecule has 1 aliphatic rings. The minimum absolute atomic E-state index is 0.177. The highest BCUT2D eigenvalue weighted by molar-refractivity contribution is 9.10. The topological polar surface area (TPSA) is 20.3 Å². The van der Waals surface area contributed by atoms with E-state index in [0.717, 1.165) is 28.7 Å². The maximum atomic E-state index is 11.6. The van der Waals surface area contributed by atoms with Gasteiger partial charge in [-0.1, -0.05) is 40.7 Å². The number of halogens is 1. The van der Waals surface area contributed by atoms with E-state index in [9.17, 15) is 4.79 Å². The summed E-state index contributed by atoms with van der Waals surface area (Å²) in [5, 5.41) is 0. The number of benzene rings is 1. The lowest BCUT2D eigenvalue weighted by molar-refractivity contribution is -0.124. The number of rotatable bonds is 2. The molecule has 3 heteroatoms. The first-order chi connectivity index (χ1) is 7.20. The lowest BCUT2D eigenvalue weighted by atomic mass is 10.1. The van der Waals surface area contributed by atoms with Crippen LogP contribution in [0.3, 0.4) is 0 Å². The Labute approximate surface area is 97.7 Å². The van der Waals surface area contributed by atoms with Crippen LogP contribution in [-0.2, 0) is 4.79 Å². The standard InChI is InChI=1S/C12H12BrNO/c1-9(14-8-4-7-12(14)15)10-5-2-3-6-11(10)13/h2-3,5-6H,1,4,7-8H2. The van der Waals surface area contributed by atoms with Crippen LogP contribution in [0.5, 0.6) is 0 Å². The predicted octanol–water partition coefficient (Wildman–Crippen LogP) is 3.04. The highest BCUT2D eigenvalue weighted by atomic mass is 79.9. The van der Waals surface area contributed by atoms with E-state index in [1.807, 2.05) is 24.3 Å². The first-order valence-corrected chi connectivity index (χ1v) is 5.73. The van der Waals surface area contributed by atoms with Crippen LogP contribution in [0.4, 0.5) is 0 Å². The maximum Gasteiger partial charge on any atom is 0.227 e. The molecule has 1 heterocycles. The van der Waals surface area contributed by atoms with Gasteiger partial charge in [0.25, 0.3) is 0 Å². The van der Waals surface area contributed by atoms with Gasteiger partial charge in [0.15, 0.2) is 0 Å². The number of nitrogens with zero attached hydrogens (tertiary/aromatic N) is 1. The molecule has 1 aliphatic heterocycles. The van der Waals surface area contributed by atoms with Crippen molar-refractivity contribution in [2.75, 3.05) is 6.54 Å². The van der Waals surface area contributed by atoms with Crippen molar-refractivity contribution < 1.29 is 4.79 Å². The lowest BCUT2D eigenvalue weighted by Gasteiger charge is -2.19. The molecular weight excluding hydrogens is 254 g/mol. The van der Waals surface area contributed by atoms with Gasteiger partial charge in [-0.05, 0) is 12.5 Å². The van der Waals surface area contributed by atoms with Crippen LogP contribution in [0.25, 0.3) is 5.70 Å². The van der Waals surface area contributed by atoms with Gasteiger partial charge in [-0.3, -0.25) is 4.79 Å². The van der Waals surface area contributed by atoms with Crippen LogP contribution in [0.2, 0.25) is 0 Å². The molecule has 1 aromatic carbocycles. The van der Waals surface area contributed by atoms with E-state index in [2.05, 4.69) is 22.5 Å². The lowest BCUT2D eigenvalue weighted by Crippen LogP contribution is -2.22. The Morgan fingerprint density at radius 1 is 1.40 bits per heavy atom. The molecule has 2 nitrogen and oxygen atoms in total. The molecule has 0 spiro atoms. The monoisotopic (exact) mass is 265 g/mol. The molecule has 1 amide bonds. The normalized spacial score (nSPS) is 15.8. The molecule has 0 atom stereocenters. The zero-order valence-electron chi connectivity index (χ0n) is 8.37. The summed E-state index contributed by atoms with van der Waals surface area (Å²) < 4.78 is 0.981. The van der Waals surface area contributed by atoms with Gasteiger partial charge in [0.1, 0.15) is 0 Å². The second-order valence-corrected chi connectivity index (χ2v) is 4.43. The van der Waals surface area contributed by atoms with Crippen LogP contribution in [0.1, 0.15) is 18.4 Å². The Hall–Kier alpha value is -1.09. The molecule has 1 aromatic rings. The number of hydrogen-bond donors (Lipinski definition) is 0. The van der Waals surface area contributed by atoms with Gasteiger partial charge in [0.2, 0.25) is 5.91 Å². The minimum atomic E-state index is 0.177. The zero-order chi connectivity index (χ0) is 10.8. The average Bonchev–Trinajstić information content (AvgIpc) is 2.64. The third kappa shape index (κ3) is 1.97. The predicted molar refractivity (Wildman–Crippen MR) is 64.1 cm³/mol. The van der Waals surface area contributed by atoms with Crippen molar-refractivity contribution >= 4 is 27.5 Å². The van der Waals surface area contributed by atoms with Gasteiger partial charge in [-0.2, -0.15) is 0 Å². The van der Waals surface area contributed by atoms with Gasteiger partial charge in [-0.25, -0.2) is 0 Å². The van der Waals surface area contributed by atoms with Crippen molar-refractivity contribution in [1.29, 1.82) is 0 Å². The molecule has 15 heavy (non-hydrogen) atoms. The molecule has 78 valence electrons. The van der Waals surface area contributed by atoms with Crippen LogP contribution in [-0.4, -0.2) is 17.4 Å². The summed E-state index contributed by atoms with van der Waals surface area (Å²) >= 11 is 3.47. The summed E-state index contributed by atoms with van der Waals surface area (Å²) in [7, 11) is 0. The number of carbonyl (C=O) groups is 1. The number of amides is 1. The Kier molecular flexibility index (Phi) is 2.91. The Morgan fingerprint density at radius 3 is 2.73 bits per heavy atom. The molecule has 0 aliphatic carbocycles. The van der Waals surface area contributed by atoms with Crippen molar-refractivity contribution in [3.05, 3.63) is 40.9 Å². The van der Waals surface area contributed by atoms with E-state index in [1.165, 1.54) is 0 Å². The van der Waals surface area contributed by atoms with Gasteiger partial charge >= 0.3 is 0 Å². The number of likely N-dealkylation sites (tertiary alicyclic amines) is 1. The number of carbonyl (C=O) groups excluding carboxylic acids is 1. The Morgan fingerprint density at radius 2 is 2.13 bits per heavy atom. The summed E-state index contributed by atoms with van der Waals surface area (Å²) in [5.74, 6) is 0.177. The highest BCUT2D eigenvalue weighted by Gasteiger charge is 2.23. The summed E-state index contributed by atoms with van der Waals surface area (Å²) in [6.45, 7) is 4.78. The first-order valence-electron chi connectivity index (χ1n) is 4.94. The van der Waals surface area contributed by atoms with Crippen molar-refractivity contribution in [2.24, 2.45) is 0 Å². The molecule has 1 saturated heterocycles. The number of hydrogen-bond acceptors (Lipinski definition) is 1. The highest BCUT2D eigenvalue weighted by Crippen LogP contribution is 2.28. The van der Waals surface area contributed by atoms with E-state index in [0.29, 0.717) is 6.42 Å². The molecule has 1 fully saturated rings. The van der Waals surface area contributed by atoms with E-state index < -0.39 is 0 Å². The SMILES string of the molecule is C=C(c1ccccc1Br)N1CCCC1=O. The van der Waals surface area contributed by atoms with Crippen LogP contribution < -0.4 is 0 Å². The molecule has 0 aromatic heterocycles. The Balaban J connectivity index is 2.28. The fourth-order valence-electron chi connectivity index (χ4n) is 1.77. The van der Waals surface area contributed by atoms with E-state index in [4.69, 9.17) is 0 Å².